The average molecular weight is 542 g/mol. The second kappa shape index (κ2) is 12.2. The highest BCUT2D eigenvalue weighted by Crippen LogP contribution is 2.48. The highest BCUT2D eigenvalue weighted by atomic mass is 127. The van der Waals surface area contributed by atoms with E-state index in [1.54, 1.807) is 14.2 Å². The Kier molecular flexibility index (Phi) is 10.0. The van der Waals surface area contributed by atoms with E-state index in [9.17, 15) is 0 Å². The zero-order valence-corrected chi connectivity index (χ0v) is 21.3. The first-order valence-corrected chi connectivity index (χ1v) is 10.5. The summed E-state index contributed by atoms with van der Waals surface area (Å²) in [5, 5.41) is 15.3. The Balaban J connectivity index is 0.00000341. The quantitative estimate of drug-likeness (QED) is 0.258. The van der Waals surface area contributed by atoms with Crippen LogP contribution < -0.4 is 15.4 Å². The molecule has 31 heavy (non-hydrogen) atoms. The topological polar surface area (TPSA) is 85.6 Å². The lowest BCUT2D eigenvalue weighted by atomic mass is 10.0. The van der Waals surface area contributed by atoms with Crippen LogP contribution >= 0.6 is 24.0 Å². The molecule has 1 aliphatic carbocycles. The summed E-state index contributed by atoms with van der Waals surface area (Å²) in [6.07, 6.45) is 4.47. The third kappa shape index (κ3) is 7.64. The molecule has 9 heteroatoms. The fourth-order valence-corrected chi connectivity index (χ4v) is 3.31. The summed E-state index contributed by atoms with van der Waals surface area (Å²) in [6, 6.07) is 8.17. The molecule has 1 aliphatic rings. The van der Waals surface area contributed by atoms with Crippen LogP contribution in [0, 0.1) is 12.3 Å². The van der Waals surface area contributed by atoms with Gasteiger partial charge in [0.1, 0.15) is 18.1 Å². The Hall–Kier alpha value is -1.88. The van der Waals surface area contributed by atoms with Crippen molar-refractivity contribution in [1.29, 1.82) is 0 Å². The van der Waals surface area contributed by atoms with Gasteiger partial charge in [0.25, 0.3) is 0 Å². The van der Waals surface area contributed by atoms with Gasteiger partial charge in [-0.05, 0) is 55.7 Å². The number of nitrogens with one attached hydrogen (secondary N) is 2. The maximum atomic E-state index is 5.28. The van der Waals surface area contributed by atoms with Crippen LogP contribution in [-0.4, -0.2) is 54.6 Å². The van der Waals surface area contributed by atoms with Crippen molar-refractivity contribution in [2.24, 2.45) is 17.5 Å². The van der Waals surface area contributed by atoms with Crippen LogP contribution in [0.25, 0.3) is 0 Å². The molecule has 1 heterocycles. The van der Waals surface area contributed by atoms with Crippen LogP contribution in [0.3, 0.4) is 0 Å². The normalized spacial score (nSPS) is 14.6. The largest absolute Gasteiger partial charge is 0.497 e. The number of aliphatic imine (C=N–C) groups is 1. The maximum Gasteiger partial charge on any atom is 0.191 e. The predicted molar refractivity (Wildman–Crippen MR) is 133 cm³/mol. The Bertz CT molecular complexity index is 833. The molecule has 3 rings (SSSR count). The fourth-order valence-electron chi connectivity index (χ4n) is 3.31. The van der Waals surface area contributed by atoms with E-state index in [1.807, 2.05) is 30.7 Å². The number of rotatable bonds is 11. The number of nitrogens with zero attached hydrogens (tertiary/aromatic N) is 4. The van der Waals surface area contributed by atoms with Crippen molar-refractivity contribution in [3.05, 3.63) is 41.5 Å². The smallest absolute Gasteiger partial charge is 0.191 e. The molecular weight excluding hydrogens is 507 g/mol. The molecule has 0 bridgehead atoms. The van der Waals surface area contributed by atoms with Gasteiger partial charge in [-0.25, -0.2) is 4.99 Å². The first-order valence-electron chi connectivity index (χ1n) is 10.5. The first-order chi connectivity index (χ1) is 14.5. The Labute approximate surface area is 202 Å². The highest BCUT2D eigenvalue weighted by molar-refractivity contribution is 14.0. The number of benzene rings is 1. The number of aromatic nitrogens is 3. The SMILES string of the molecule is COCCC1(CNC(=NCc2nnc(C)n2C)NCCc2ccc(OC)cc2)CC1.I. The molecule has 0 saturated heterocycles. The van der Waals surface area contributed by atoms with E-state index in [-0.39, 0.29) is 24.0 Å². The molecule has 0 amide bonds. The number of halogens is 1. The Morgan fingerprint density at radius 2 is 1.90 bits per heavy atom. The van der Waals surface area contributed by atoms with Gasteiger partial charge in [-0.15, -0.1) is 34.2 Å². The molecular formula is C22H35IN6O2. The number of ether oxygens (including phenoxy) is 2. The minimum atomic E-state index is 0. The highest BCUT2D eigenvalue weighted by Gasteiger charge is 2.41. The monoisotopic (exact) mass is 542 g/mol. The molecule has 0 radical (unpaired) electrons. The van der Waals surface area contributed by atoms with E-state index in [2.05, 4.69) is 33.0 Å². The maximum absolute atomic E-state index is 5.28. The fraction of sp³-hybridized carbons (Fsp3) is 0.591. The van der Waals surface area contributed by atoms with Gasteiger partial charge in [0.05, 0.1) is 7.11 Å². The van der Waals surface area contributed by atoms with Gasteiger partial charge in [-0.1, -0.05) is 12.1 Å². The van der Waals surface area contributed by atoms with E-state index in [4.69, 9.17) is 14.5 Å². The number of hydrogen-bond donors (Lipinski definition) is 2. The van der Waals surface area contributed by atoms with Crippen molar-refractivity contribution in [1.82, 2.24) is 25.4 Å². The lowest BCUT2D eigenvalue weighted by molar-refractivity contribution is 0.172. The van der Waals surface area contributed by atoms with Crippen LogP contribution in [0.15, 0.2) is 29.3 Å². The first kappa shape index (κ1) is 25.4. The van der Waals surface area contributed by atoms with E-state index >= 15 is 0 Å². The van der Waals surface area contributed by atoms with E-state index in [1.165, 1.54) is 18.4 Å². The second-order valence-electron chi connectivity index (χ2n) is 8.01. The third-order valence-electron chi connectivity index (χ3n) is 5.85. The van der Waals surface area contributed by atoms with Crippen molar-refractivity contribution in [3.63, 3.8) is 0 Å². The summed E-state index contributed by atoms with van der Waals surface area (Å²) in [4.78, 5) is 4.76. The summed E-state index contributed by atoms with van der Waals surface area (Å²) in [6.45, 7) is 4.93. The minimum absolute atomic E-state index is 0. The van der Waals surface area contributed by atoms with Crippen LogP contribution in [0.2, 0.25) is 0 Å². The lowest BCUT2D eigenvalue weighted by Gasteiger charge is -2.18. The van der Waals surface area contributed by atoms with Crippen LogP contribution in [0.4, 0.5) is 0 Å². The van der Waals surface area contributed by atoms with Gasteiger partial charge in [0.2, 0.25) is 0 Å². The molecule has 2 N–H and O–H groups in total. The molecule has 0 unspecified atom stereocenters. The van der Waals surface area contributed by atoms with Crippen molar-refractivity contribution in [3.8, 4) is 5.75 Å². The molecule has 0 aliphatic heterocycles. The van der Waals surface area contributed by atoms with Gasteiger partial charge in [-0.2, -0.15) is 0 Å². The predicted octanol–water partition coefficient (Wildman–Crippen LogP) is 2.84. The average Bonchev–Trinajstić information content (AvgIpc) is 3.48. The summed E-state index contributed by atoms with van der Waals surface area (Å²) in [7, 11) is 5.41. The van der Waals surface area contributed by atoms with Crippen LogP contribution in [0.1, 0.15) is 36.5 Å². The second-order valence-corrected chi connectivity index (χ2v) is 8.01. The summed E-state index contributed by atoms with van der Waals surface area (Å²) >= 11 is 0. The molecule has 1 saturated carbocycles. The molecule has 8 nitrogen and oxygen atoms in total. The Morgan fingerprint density at radius 3 is 2.48 bits per heavy atom. The standard InChI is InChI=1S/C22H34N6O2.HI/c1-17-26-27-20(28(17)2)15-24-21(25-16-22(10-11-22)12-14-29-3)23-13-9-18-5-7-19(30-4)8-6-18;/h5-8H,9-16H2,1-4H3,(H2,23,24,25);1H. The number of aryl methyl sites for hydroxylation is 1. The van der Waals surface area contributed by atoms with Crippen molar-refractivity contribution >= 4 is 29.9 Å². The van der Waals surface area contributed by atoms with Crippen molar-refractivity contribution in [2.45, 2.75) is 39.2 Å². The molecule has 1 aromatic heterocycles. The van der Waals surface area contributed by atoms with Gasteiger partial charge in [0.15, 0.2) is 11.8 Å². The van der Waals surface area contributed by atoms with Gasteiger partial charge < -0.3 is 24.7 Å². The number of hydrogen-bond acceptors (Lipinski definition) is 5. The molecule has 172 valence electrons. The lowest BCUT2D eigenvalue weighted by Crippen LogP contribution is -2.41. The molecule has 0 atom stereocenters. The number of guanidine groups is 1. The molecule has 1 aromatic carbocycles. The third-order valence-corrected chi connectivity index (χ3v) is 5.85. The van der Waals surface area contributed by atoms with Crippen LogP contribution in [0.5, 0.6) is 5.75 Å². The molecule has 0 spiro atoms. The van der Waals surface area contributed by atoms with Crippen LogP contribution in [-0.2, 0) is 24.8 Å². The van der Waals surface area contributed by atoms with Gasteiger partial charge in [-0.3, -0.25) is 0 Å². The molecule has 1 fully saturated rings. The van der Waals surface area contributed by atoms with Crippen molar-refractivity contribution in [2.75, 3.05) is 33.9 Å². The zero-order chi connectivity index (χ0) is 21.4. The molecule has 2 aromatic rings. The van der Waals surface area contributed by atoms with Gasteiger partial charge in [0, 0.05) is 33.9 Å². The summed E-state index contributed by atoms with van der Waals surface area (Å²) in [5.74, 6) is 3.43. The van der Waals surface area contributed by atoms with E-state index in [0.29, 0.717) is 12.0 Å². The van der Waals surface area contributed by atoms with Crippen molar-refractivity contribution < 1.29 is 9.47 Å². The zero-order valence-electron chi connectivity index (χ0n) is 19.0. The number of methoxy groups -OCH3 is 2. The summed E-state index contributed by atoms with van der Waals surface area (Å²) < 4.78 is 12.5. The van der Waals surface area contributed by atoms with E-state index in [0.717, 1.165) is 55.9 Å². The Morgan fingerprint density at radius 1 is 1.16 bits per heavy atom. The van der Waals surface area contributed by atoms with E-state index < -0.39 is 0 Å². The van der Waals surface area contributed by atoms with Gasteiger partial charge >= 0.3 is 0 Å². The summed E-state index contributed by atoms with van der Waals surface area (Å²) in [5.41, 5.74) is 1.60. The minimum Gasteiger partial charge on any atom is -0.497 e.